The van der Waals surface area contributed by atoms with Gasteiger partial charge in [-0.1, -0.05) is 30.3 Å². The minimum absolute atomic E-state index is 0.0362. The Balaban J connectivity index is 1.42. The molecule has 2 aliphatic heterocycles. The van der Waals surface area contributed by atoms with Gasteiger partial charge < -0.3 is 20.1 Å². The molecule has 0 saturated carbocycles. The van der Waals surface area contributed by atoms with Gasteiger partial charge in [0, 0.05) is 6.54 Å². The molecule has 2 aromatic carbocycles. The Morgan fingerprint density at radius 1 is 1.00 bits per heavy atom. The molecular weight excluding hydrogens is 342 g/mol. The number of para-hydroxylation sites is 3. The number of hydrogen-bond acceptors (Lipinski definition) is 4. The second kappa shape index (κ2) is 7.98. The summed E-state index contributed by atoms with van der Waals surface area (Å²) in [5.74, 6) is 1.30. The molecule has 0 unspecified atom stereocenters. The zero-order valence-electron chi connectivity index (χ0n) is 15.3. The van der Waals surface area contributed by atoms with Gasteiger partial charge in [0.2, 0.25) is 0 Å². The number of amides is 2. The summed E-state index contributed by atoms with van der Waals surface area (Å²) in [5.41, 5.74) is 0.616. The zero-order valence-corrected chi connectivity index (χ0v) is 15.3. The van der Waals surface area contributed by atoms with Crippen LogP contribution in [0, 0.1) is 0 Å². The topological polar surface area (TPSA) is 65.0 Å². The second-order valence-corrected chi connectivity index (χ2v) is 7.12. The zero-order chi connectivity index (χ0) is 18.6. The maximum absolute atomic E-state index is 12.8. The highest BCUT2D eigenvalue weighted by Gasteiger charge is 2.38. The van der Waals surface area contributed by atoms with Crippen molar-refractivity contribution in [3.8, 4) is 11.5 Å². The van der Waals surface area contributed by atoms with Crippen molar-refractivity contribution in [2.75, 3.05) is 31.5 Å². The number of aliphatic hydroxyl groups excluding tert-OH is 1. The van der Waals surface area contributed by atoms with E-state index in [-0.39, 0.29) is 12.1 Å². The molecule has 2 amide bonds. The Labute approximate surface area is 159 Å². The van der Waals surface area contributed by atoms with Crippen molar-refractivity contribution in [3.05, 3.63) is 54.6 Å². The van der Waals surface area contributed by atoms with E-state index < -0.39 is 6.10 Å². The van der Waals surface area contributed by atoms with Crippen molar-refractivity contribution >= 4 is 11.7 Å². The lowest BCUT2D eigenvalue weighted by Crippen LogP contribution is -2.41. The summed E-state index contributed by atoms with van der Waals surface area (Å²) in [6.45, 7) is 2.92. The number of benzene rings is 2. The van der Waals surface area contributed by atoms with Gasteiger partial charge in [-0.2, -0.15) is 0 Å². The first kappa shape index (κ1) is 17.8. The molecule has 2 aliphatic rings. The Morgan fingerprint density at radius 3 is 2.48 bits per heavy atom. The molecule has 4 rings (SSSR count). The van der Waals surface area contributed by atoms with Crippen LogP contribution >= 0.6 is 0 Å². The van der Waals surface area contributed by atoms with Crippen LogP contribution < -0.4 is 10.1 Å². The summed E-state index contributed by atoms with van der Waals surface area (Å²) in [4.78, 5) is 16.7. The Bertz CT molecular complexity index is 777. The number of hydrogen-bond donors (Lipinski definition) is 2. The van der Waals surface area contributed by atoms with E-state index in [2.05, 4.69) is 10.2 Å². The minimum Gasteiger partial charge on any atom is -0.455 e. The normalized spacial score (nSPS) is 22.8. The van der Waals surface area contributed by atoms with Gasteiger partial charge in [0.05, 0.1) is 24.4 Å². The number of aliphatic hydroxyl groups is 1. The van der Waals surface area contributed by atoms with Crippen LogP contribution in [0.4, 0.5) is 10.5 Å². The summed E-state index contributed by atoms with van der Waals surface area (Å²) in [7, 11) is 0. The van der Waals surface area contributed by atoms with Gasteiger partial charge in [0.25, 0.3) is 0 Å². The van der Waals surface area contributed by atoms with Crippen LogP contribution in [-0.4, -0.2) is 59.3 Å². The molecule has 142 valence electrons. The van der Waals surface area contributed by atoms with E-state index in [9.17, 15) is 9.90 Å². The van der Waals surface area contributed by atoms with Crippen LogP contribution in [0.5, 0.6) is 11.5 Å². The molecule has 6 heteroatoms. The van der Waals surface area contributed by atoms with E-state index in [4.69, 9.17) is 4.74 Å². The van der Waals surface area contributed by atoms with Gasteiger partial charge in [-0.05, 0) is 50.2 Å². The fraction of sp³-hybridized carbons (Fsp3) is 0.381. The summed E-state index contributed by atoms with van der Waals surface area (Å²) < 4.78 is 5.91. The lowest BCUT2D eigenvalue weighted by Gasteiger charge is -2.25. The molecule has 0 aromatic heterocycles. The number of nitrogens with zero attached hydrogens (tertiary/aromatic N) is 2. The Hall–Kier alpha value is -2.57. The fourth-order valence-corrected chi connectivity index (χ4v) is 3.84. The molecule has 2 saturated heterocycles. The lowest BCUT2D eigenvalue weighted by molar-refractivity contribution is 0.0980. The average Bonchev–Trinajstić information content (AvgIpc) is 3.33. The van der Waals surface area contributed by atoms with E-state index >= 15 is 0 Å². The molecule has 2 fully saturated rings. The number of β-amino-alcohol motifs (C(OH)–C–C–N with tert-alkyl or cyclic N) is 1. The molecule has 2 heterocycles. The number of carbonyl (C=O) groups excluding carboxylic acids is 1. The van der Waals surface area contributed by atoms with Crippen molar-refractivity contribution < 1.29 is 14.6 Å². The van der Waals surface area contributed by atoms with Crippen molar-refractivity contribution in [3.63, 3.8) is 0 Å². The summed E-state index contributed by atoms with van der Waals surface area (Å²) in [6.07, 6.45) is 1.84. The lowest BCUT2D eigenvalue weighted by atomic mass is 10.2. The maximum Gasteiger partial charge on any atom is 0.322 e. The van der Waals surface area contributed by atoms with Gasteiger partial charge in [-0.25, -0.2) is 4.79 Å². The highest BCUT2D eigenvalue weighted by molar-refractivity contribution is 5.91. The molecule has 0 aliphatic carbocycles. The molecule has 0 spiro atoms. The molecule has 27 heavy (non-hydrogen) atoms. The van der Waals surface area contributed by atoms with E-state index in [1.165, 1.54) is 12.8 Å². The van der Waals surface area contributed by atoms with Gasteiger partial charge >= 0.3 is 6.03 Å². The van der Waals surface area contributed by atoms with E-state index in [0.717, 1.165) is 13.1 Å². The van der Waals surface area contributed by atoms with E-state index in [1.54, 1.807) is 4.90 Å². The van der Waals surface area contributed by atoms with Crippen LogP contribution in [0.2, 0.25) is 0 Å². The van der Waals surface area contributed by atoms with Crippen LogP contribution in [-0.2, 0) is 0 Å². The number of urea groups is 1. The van der Waals surface area contributed by atoms with Crippen LogP contribution in [0.25, 0.3) is 0 Å². The molecule has 2 N–H and O–H groups in total. The molecule has 0 radical (unpaired) electrons. The molecule has 6 nitrogen and oxygen atoms in total. The molecule has 2 atom stereocenters. The van der Waals surface area contributed by atoms with Gasteiger partial charge in [-0.15, -0.1) is 0 Å². The summed E-state index contributed by atoms with van der Waals surface area (Å²) in [5, 5.41) is 13.3. The monoisotopic (exact) mass is 367 g/mol. The van der Waals surface area contributed by atoms with Gasteiger partial charge in [-0.3, -0.25) is 4.90 Å². The van der Waals surface area contributed by atoms with Crippen LogP contribution in [0.3, 0.4) is 0 Å². The highest BCUT2D eigenvalue weighted by atomic mass is 16.5. The quantitative estimate of drug-likeness (QED) is 0.871. The Kier molecular flexibility index (Phi) is 5.27. The molecule has 0 bridgehead atoms. The smallest absolute Gasteiger partial charge is 0.322 e. The van der Waals surface area contributed by atoms with E-state index in [0.29, 0.717) is 30.3 Å². The predicted molar refractivity (Wildman–Crippen MR) is 104 cm³/mol. The first-order valence-corrected chi connectivity index (χ1v) is 9.51. The van der Waals surface area contributed by atoms with Crippen LogP contribution in [0.1, 0.15) is 12.8 Å². The minimum atomic E-state index is -0.496. The first-order valence-electron chi connectivity index (χ1n) is 9.51. The number of carbonyl (C=O) groups is 1. The molecule has 2 aromatic rings. The van der Waals surface area contributed by atoms with Crippen molar-refractivity contribution in [1.82, 2.24) is 9.80 Å². The highest BCUT2D eigenvalue weighted by Crippen LogP contribution is 2.30. The predicted octanol–water partition coefficient (Wildman–Crippen LogP) is 3.15. The number of nitrogens with one attached hydrogen (secondary N) is 1. The average molecular weight is 367 g/mol. The van der Waals surface area contributed by atoms with Crippen LogP contribution in [0.15, 0.2) is 54.6 Å². The number of likely N-dealkylation sites (tertiary alicyclic amines) is 2. The summed E-state index contributed by atoms with van der Waals surface area (Å²) in [6, 6.07) is 16.7. The summed E-state index contributed by atoms with van der Waals surface area (Å²) >= 11 is 0. The maximum atomic E-state index is 12.8. The number of ether oxygens (including phenoxy) is 1. The van der Waals surface area contributed by atoms with E-state index in [1.807, 2.05) is 54.6 Å². The number of rotatable bonds is 4. The van der Waals surface area contributed by atoms with Crippen molar-refractivity contribution in [1.29, 1.82) is 0 Å². The van der Waals surface area contributed by atoms with Gasteiger partial charge in [0.1, 0.15) is 5.75 Å². The second-order valence-electron chi connectivity index (χ2n) is 7.12. The third kappa shape index (κ3) is 4.07. The largest absolute Gasteiger partial charge is 0.455 e. The standard InChI is InChI=1S/C21H25N3O3/c25-19-15-24(14-18(19)23-12-6-7-13-23)21(26)22-17-10-4-5-11-20(17)27-16-8-2-1-3-9-16/h1-5,8-11,18-19,25H,6-7,12-15H2,(H,22,26)/t18-,19-/m0/s1. The molecular formula is C21H25N3O3. The Morgan fingerprint density at radius 2 is 1.70 bits per heavy atom. The third-order valence-electron chi connectivity index (χ3n) is 5.26. The van der Waals surface area contributed by atoms with Crippen molar-refractivity contribution in [2.24, 2.45) is 0 Å². The first-order chi connectivity index (χ1) is 13.2. The number of anilines is 1. The third-order valence-corrected chi connectivity index (χ3v) is 5.26. The van der Waals surface area contributed by atoms with Crippen molar-refractivity contribution in [2.45, 2.75) is 25.0 Å². The SMILES string of the molecule is O=C(Nc1ccccc1Oc1ccccc1)N1C[C@H](O)[C@@H](N2CCCC2)C1. The fourth-order valence-electron chi connectivity index (χ4n) is 3.84. The van der Waals surface area contributed by atoms with Gasteiger partial charge in [0.15, 0.2) is 5.75 Å².